The number of likely N-dealkylation sites (N-methyl/N-ethyl adjacent to an activating group) is 3. The molecule has 3 fully saturated rings. The second-order valence-corrected chi connectivity index (χ2v) is 36.2. The summed E-state index contributed by atoms with van der Waals surface area (Å²) in [4.78, 5) is 259. The van der Waals surface area contributed by atoms with Gasteiger partial charge >= 0.3 is 11.9 Å². The van der Waals surface area contributed by atoms with Crippen molar-refractivity contribution in [3.8, 4) is 5.75 Å². The first-order valence-electron chi connectivity index (χ1n) is 45.3. The number of nitrogens with zero attached hydrogens (tertiary/aromatic N) is 5. The van der Waals surface area contributed by atoms with Crippen molar-refractivity contribution in [2.75, 3.05) is 52.3 Å². The van der Waals surface area contributed by atoms with Crippen LogP contribution in [0.25, 0.3) is 10.9 Å². The fraction of sp³-hybridized carbons (Fsp3) is 0.484. The van der Waals surface area contributed by atoms with E-state index >= 15 is 61.5 Å². The number of aromatic nitrogens is 1. The van der Waals surface area contributed by atoms with Crippen LogP contribution in [0.1, 0.15) is 146 Å². The molecule has 36 nitrogen and oxygen atoms in total. The highest BCUT2D eigenvalue weighted by molar-refractivity contribution is 8.00. The van der Waals surface area contributed by atoms with Crippen LogP contribution in [0.2, 0.25) is 0 Å². The Morgan fingerprint density at radius 2 is 1.01 bits per heavy atom. The van der Waals surface area contributed by atoms with E-state index in [4.69, 9.17) is 5.73 Å². The number of phenolic OH excluding ortho intramolecular Hbond substituents is 1. The number of nitrogens with one attached hydrogen (secondary N) is 10. The zero-order chi connectivity index (χ0) is 99.5. The number of phenols is 1. The van der Waals surface area contributed by atoms with Crippen molar-refractivity contribution in [3.05, 3.63) is 173 Å². The van der Waals surface area contributed by atoms with Crippen LogP contribution >= 0.6 is 11.8 Å². The molecule has 3 aliphatic heterocycles. The first-order chi connectivity index (χ1) is 64.6. The summed E-state index contributed by atoms with van der Waals surface area (Å²) < 4.78 is 59.9. The summed E-state index contributed by atoms with van der Waals surface area (Å²) in [5, 5.41) is 54.9. The van der Waals surface area contributed by atoms with E-state index in [-0.39, 0.29) is 88.6 Å². The molecule has 136 heavy (non-hydrogen) atoms. The second kappa shape index (κ2) is 50.2. The van der Waals surface area contributed by atoms with Gasteiger partial charge in [-0.2, -0.15) is 0 Å². The number of carbonyl (C=O) groups is 17. The van der Waals surface area contributed by atoms with Crippen LogP contribution < -0.4 is 53.6 Å². The van der Waals surface area contributed by atoms with Gasteiger partial charge in [0.25, 0.3) is 0 Å². The molecule has 0 saturated carbocycles. The Bertz CT molecular complexity index is 5290. The van der Waals surface area contributed by atoms with Crippen molar-refractivity contribution < 1.29 is 114 Å². The lowest BCUT2D eigenvalue weighted by molar-refractivity contribution is -0.152. The van der Waals surface area contributed by atoms with Gasteiger partial charge < -0.3 is 98.4 Å². The number of carbonyl (C=O) groups excluding carboxylic acids is 15. The average molecular weight is 1910 g/mol. The lowest BCUT2D eigenvalue weighted by Gasteiger charge is -2.38. The lowest BCUT2D eigenvalue weighted by Crippen LogP contribution is -2.63. The summed E-state index contributed by atoms with van der Waals surface area (Å²) in [7, 11) is 3.61. The Labute approximate surface area is 788 Å². The van der Waals surface area contributed by atoms with Gasteiger partial charge in [0.1, 0.15) is 90.1 Å². The number of carboxylic acids is 2. The molecule has 4 heterocycles. The maximum absolute atomic E-state index is 15.7. The van der Waals surface area contributed by atoms with Crippen LogP contribution in [0.5, 0.6) is 5.75 Å². The smallest absolute Gasteiger partial charge is 0.303 e. The molecular formula is C95H120F4N16O20S. The minimum absolute atomic E-state index is 0.0528. The number of carboxylic acid groups (broad SMARTS) is 2. The van der Waals surface area contributed by atoms with Gasteiger partial charge in [0.2, 0.25) is 88.6 Å². The molecule has 0 aliphatic carbocycles. The van der Waals surface area contributed by atoms with E-state index in [1.807, 2.05) is 0 Å². The van der Waals surface area contributed by atoms with Gasteiger partial charge in [0.15, 0.2) is 17.5 Å². The predicted octanol–water partition coefficient (Wildman–Crippen LogP) is 3.64. The molecular weight excluding hydrogens is 1790 g/mol. The van der Waals surface area contributed by atoms with Crippen molar-refractivity contribution >= 4 is 123 Å². The van der Waals surface area contributed by atoms with Crippen molar-refractivity contribution in [1.29, 1.82) is 0 Å². The fourth-order valence-corrected chi connectivity index (χ4v) is 17.6. The topological polar surface area (TPSA) is 517 Å². The number of hydrogen-bond acceptors (Lipinski definition) is 19. The van der Waals surface area contributed by atoms with Crippen molar-refractivity contribution in [2.24, 2.45) is 17.6 Å². The van der Waals surface area contributed by atoms with Crippen molar-refractivity contribution in [2.45, 2.75) is 229 Å². The Kier molecular flexibility index (Phi) is 39.2. The number of aromatic hydroxyl groups is 1. The Morgan fingerprint density at radius 3 is 1.64 bits per heavy atom. The summed E-state index contributed by atoms with van der Waals surface area (Å²) in [6.45, 7) is 7.17. The first-order valence-corrected chi connectivity index (χ1v) is 46.4. The van der Waals surface area contributed by atoms with Crippen LogP contribution in [0.15, 0.2) is 121 Å². The molecule has 734 valence electrons. The summed E-state index contributed by atoms with van der Waals surface area (Å²) in [6, 6.07) is 5.20. The van der Waals surface area contributed by atoms with Crippen molar-refractivity contribution in [3.63, 3.8) is 0 Å². The highest BCUT2D eigenvalue weighted by Gasteiger charge is 2.46. The number of para-hydroxylation sites is 1. The molecule has 15 amide bonds. The largest absolute Gasteiger partial charge is 0.508 e. The average Bonchev–Trinajstić information content (AvgIpc) is 1.18. The van der Waals surface area contributed by atoms with Crippen LogP contribution in [0.3, 0.4) is 0 Å². The summed E-state index contributed by atoms with van der Waals surface area (Å²) in [5.74, 6) is -26.6. The van der Waals surface area contributed by atoms with Gasteiger partial charge in [-0.3, -0.25) is 81.5 Å². The lowest BCUT2D eigenvalue weighted by atomic mass is 9.97. The number of nitrogens with two attached hydrogens (primary N) is 1. The van der Waals surface area contributed by atoms with E-state index in [1.54, 1.807) is 95.4 Å². The number of rotatable bonds is 25. The highest BCUT2D eigenvalue weighted by atomic mass is 32.2. The van der Waals surface area contributed by atoms with E-state index in [1.165, 1.54) is 55.4 Å². The molecule has 0 spiro atoms. The zero-order valence-electron chi connectivity index (χ0n) is 77.0. The van der Waals surface area contributed by atoms with E-state index in [0.29, 0.717) is 64.3 Å². The van der Waals surface area contributed by atoms with Gasteiger partial charge in [-0.25, -0.2) is 17.6 Å². The number of primary amides is 1. The third-order valence-electron chi connectivity index (χ3n) is 24.2. The van der Waals surface area contributed by atoms with Crippen LogP contribution in [-0.2, 0) is 114 Å². The van der Waals surface area contributed by atoms with E-state index in [9.17, 15) is 52.9 Å². The van der Waals surface area contributed by atoms with E-state index in [2.05, 4.69) is 52.8 Å². The predicted molar refractivity (Wildman–Crippen MR) is 490 cm³/mol. The number of thioether (sulfide) groups is 1. The van der Waals surface area contributed by atoms with Crippen LogP contribution in [0.4, 0.5) is 17.6 Å². The summed E-state index contributed by atoms with van der Waals surface area (Å²) >= 11 is 0.642. The minimum Gasteiger partial charge on any atom is -0.508 e. The third-order valence-corrected chi connectivity index (χ3v) is 25.3. The normalized spacial score (nSPS) is 23.4. The molecule has 9 rings (SSSR count). The SMILES string of the molecule is CCCC[C@H]1C(=O)N2CCC[C@@H]2C(=O)N[C@@H](CCC(=O)O)C(=O)N[C@@H](C(C)C)C(=O)N(C)[C@@H](Cc2ccccc2)C(=O)N[C@@H](CCC(=O)O)C(=O)N2CCCC[C@@H]2C(=O)N[C@@H](Cc2c[nH]c3ccccc23)C(=O)N[C@@H](Cc2ccc(O)cc2)C(=O)N[C@@H](CC(C)C)C(=O)N[C@H](C(=O)NCC(N)=O)CSCC(=O)N[C@@H](Cc2cc(F)c(F)c(F)c2)C(=O)N(C)[C@@H](Cc2ccc(F)cc2)C(=O)N1C. The molecule has 5 aromatic carbocycles. The van der Waals surface area contributed by atoms with E-state index < -0.39 is 276 Å². The van der Waals surface area contributed by atoms with Gasteiger partial charge in [0.05, 0.1) is 12.3 Å². The van der Waals surface area contributed by atoms with Crippen molar-refractivity contribution in [1.82, 2.24) is 77.3 Å². The molecule has 0 radical (unpaired) electrons. The monoisotopic (exact) mass is 1910 g/mol. The van der Waals surface area contributed by atoms with Gasteiger partial charge in [0, 0.05) is 102 Å². The highest BCUT2D eigenvalue weighted by Crippen LogP contribution is 2.29. The molecule has 3 saturated heterocycles. The number of hydrogen-bond donors (Lipinski definition) is 14. The standard InChI is InChI=1S/C95H120F4N16O20S/c1-9-10-23-74-94(134)115-39-18-25-73(115)88(128)104-65(34-36-79(119)120)84(124)110-82(53(4)5)95(135)112(7)75(45-54-19-12-11-13-20-54)90(130)105-66(35-37-80(121)122)92(132)114-38-17-16-24-72(114)89(129)108-69(47-58-48-101-64-22-15-14-21-61(58)64)87(127)107-68(43-55-28-32-60(116)33-29-55)86(126)106-67(40-52(2)3)85(125)109-71(83(123)102-49-77(100)117)50-136-51-78(118)103-70(44-57-41-62(97)81(99)63(98)42-57)91(131)113(8)76(93(133)111(74)6)46-56-26-30-59(96)31-27-56/h11-15,19-22,26-33,41-42,48,52-53,65-76,82,101,116H,9-10,16-18,23-25,34-40,43-47,49-51H2,1-8H3,(H2,100,117)(H,102,123)(H,103,118)(H,104,128)(H,105,130)(H,106,126)(H,107,127)(H,108,129)(H,109,125)(H,110,124)(H,119,120)(H,121,122)/t65-,66-,67-,68-,69-,70-,71-,72+,73+,74-,75-,76-,82-/m0/s1. The number of benzene rings is 5. The molecule has 41 heteroatoms. The molecule has 0 bridgehead atoms. The number of H-pyrrole nitrogens is 1. The van der Waals surface area contributed by atoms with Crippen LogP contribution in [-0.4, -0.2) is 276 Å². The Hall–Kier alpha value is -13.5. The number of unbranched alkanes of at least 4 members (excludes halogenated alkanes) is 1. The maximum Gasteiger partial charge on any atom is 0.303 e. The minimum atomic E-state index is -1.93. The van der Waals surface area contributed by atoms with Crippen LogP contribution in [0, 0.1) is 35.1 Å². The zero-order valence-corrected chi connectivity index (χ0v) is 77.8. The Morgan fingerprint density at radius 1 is 0.500 bits per heavy atom. The molecule has 0 unspecified atom stereocenters. The Balaban J connectivity index is 1.15. The summed E-state index contributed by atoms with van der Waals surface area (Å²) in [6.07, 6.45) is -2.24. The van der Waals surface area contributed by atoms with Gasteiger partial charge in [-0.15, -0.1) is 11.8 Å². The van der Waals surface area contributed by atoms with Gasteiger partial charge in [-0.05, 0) is 140 Å². The number of amides is 15. The molecule has 1 aromatic heterocycles. The number of fused-ring (bicyclic) bond motifs is 3. The third kappa shape index (κ3) is 29.8. The molecule has 15 N–H and O–H groups in total. The maximum atomic E-state index is 15.7. The summed E-state index contributed by atoms with van der Waals surface area (Å²) in [5.41, 5.74) is 7.15. The second-order valence-electron chi connectivity index (χ2n) is 35.2. The molecule has 13 atom stereocenters. The quantitative estimate of drug-likeness (QED) is 0.0287. The van der Waals surface area contributed by atoms with Gasteiger partial charge in [-0.1, -0.05) is 120 Å². The fourth-order valence-electron chi connectivity index (χ4n) is 16.8. The number of piperidine rings is 1. The number of aromatic amines is 1. The molecule has 3 aliphatic rings. The number of aliphatic carboxylic acids is 2. The number of halogens is 4. The first kappa shape index (κ1) is 106. The molecule has 6 aromatic rings. The van der Waals surface area contributed by atoms with E-state index in [0.717, 1.165) is 38.8 Å².